The molecule has 22 heavy (non-hydrogen) atoms. The summed E-state index contributed by atoms with van der Waals surface area (Å²) in [6.07, 6.45) is 0.772. The number of aliphatic carboxylic acids is 1. The van der Waals surface area contributed by atoms with Crippen LogP contribution >= 0.6 is 0 Å². The molecule has 0 bridgehead atoms. The Morgan fingerprint density at radius 3 is 2.27 bits per heavy atom. The normalized spacial score (nSPS) is 17.9. The van der Waals surface area contributed by atoms with E-state index in [1.807, 2.05) is 0 Å². The fourth-order valence-corrected chi connectivity index (χ4v) is 4.17. The zero-order valence-corrected chi connectivity index (χ0v) is 14.0. The van der Waals surface area contributed by atoms with Gasteiger partial charge < -0.3 is 9.84 Å². The highest BCUT2D eigenvalue weighted by Gasteiger charge is 2.37. The van der Waals surface area contributed by atoms with Gasteiger partial charge in [0.25, 0.3) is 10.2 Å². The molecular weight excluding hydrogens is 312 g/mol. The lowest BCUT2D eigenvalue weighted by Crippen LogP contribution is -2.51. The molecule has 1 rings (SSSR count). The summed E-state index contributed by atoms with van der Waals surface area (Å²) < 4.78 is 32.2. The summed E-state index contributed by atoms with van der Waals surface area (Å²) >= 11 is 0. The standard InChI is InChI=1S/C13H24N2O6S/c1-4-21-13(18)11-5-7-14(8-6-11)22(19,20)15(10(2)3)9-12(16)17/h10-11H,4-9H2,1-3H3,(H,16,17). The third-order valence-corrected chi connectivity index (χ3v) is 5.72. The fourth-order valence-electron chi connectivity index (χ4n) is 2.39. The molecule has 0 atom stereocenters. The van der Waals surface area contributed by atoms with Gasteiger partial charge in [0, 0.05) is 19.1 Å². The Hall–Kier alpha value is -1.19. The van der Waals surface area contributed by atoms with Crippen molar-refractivity contribution < 1.29 is 27.9 Å². The van der Waals surface area contributed by atoms with E-state index < -0.39 is 28.8 Å². The predicted molar refractivity (Wildman–Crippen MR) is 79.3 cm³/mol. The number of nitrogens with zero attached hydrogens (tertiary/aromatic N) is 2. The molecule has 0 spiro atoms. The molecule has 0 unspecified atom stereocenters. The van der Waals surface area contributed by atoms with Gasteiger partial charge in [-0.1, -0.05) is 0 Å². The molecule has 1 fully saturated rings. The summed E-state index contributed by atoms with van der Waals surface area (Å²) in [7, 11) is -3.85. The zero-order chi connectivity index (χ0) is 16.9. The maximum atomic E-state index is 12.5. The van der Waals surface area contributed by atoms with Crippen LogP contribution in [-0.4, -0.2) is 66.4 Å². The summed E-state index contributed by atoms with van der Waals surface area (Å²) in [6.45, 7) is 5.10. The average Bonchev–Trinajstić information content (AvgIpc) is 2.44. The van der Waals surface area contributed by atoms with E-state index in [4.69, 9.17) is 9.84 Å². The van der Waals surface area contributed by atoms with Crippen LogP contribution in [0, 0.1) is 5.92 Å². The molecule has 1 aliphatic heterocycles. The largest absolute Gasteiger partial charge is 0.480 e. The van der Waals surface area contributed by atoms with Gasteiger partial charge in [-0.25, -0.2) is 0 Å². The van der Waals surface area contributed by atoms with Crippen molar-refractivity contribution in [2.45, 2.75) is 39.7 Å². The van der Waals surface area contributed by atoms with Crippen molar-refractivity contribution in [1.29, 1.82) is 0 Å². The first-order chi connectivity index (χ1) is 10.2. The number of carboxylic acids is 1. The molecule has 128 valence electrons. The summed E-state index contributed by atoms with van der Waals surface area (Å²) in [5.74, 6) is -1.79. The maximum Gasteiger partial charge on any atom is 0.318 e. The minimum atomic E-state index is -3.85. The first-order valence-electron chi connectivity index (χ1n) is 7.35. The highest BCUT2D eigenvalue weighted by molar-refractivity contribution is 7.86. The molecule has 0 aromatic rings. The van der Waals surface area contributed by atoms with Crippen LogP contribution in [0.2, 0.25) is 0 Å². The number of hydrogen-bond acceptors (Lipinski definition) is 5. The Balaban J connectivity index is 2.75. The third-order valence-electron chi connectivity index (χ3n) is 3.56. The first kappa shape index (κ1) is 18.9. The summed E-state index contributed by atoms with van der Waals surface area (Å²) in [6, 6.07) is -0.455. The van der Waals surface area contributed by atoms with Crippen LogP contribution in [0.15, 0.2) is 0 Å². The third kappa shape index (κ3) is 4.65. The molecule has 8 nitrogen and oxygen atoms in total. The molecule has 0 aliphatic carbocycles. The number of carbonyl (C=O) groups excluding carboxylic acids is 1. The molecule has 0 aromatic heterocycles. The van der Waals surface area contributed by atoms with E-state index in [1.54, 1.807) is 20.8 Å². The minimum Gasteiger partial charge on any atom is -0.480 e. The van der Waals surface area contributed by atoms with Crippen LogP contribution in [0.25, 0.3) is 0 Å². The first-order valence-corrected chi connectivity index (χ1v) is 8.75. The molecule has 1 N–H and O–H groups in total. The number of rotatable bonds is 7. The van der Waals surface area contributed by atoms with Gasteiger partial charge >= 0.3 is 11.9 Å². The highest BCUT2D eigenvalue weighted by atomic mass is 32.2. The van der Waals surface area contributed by atoms with Crippen LogP contribution < -0.4 is 0 Å². The highest BCUT2D eigenvalue weighted by Crippen LogP contribution is 2.23. The van der Waals surface area contributed by atoms with Crippen molar-refractivity contribution in [2.24, 2.45) is 5.92 Å². The van der Waals surface area contributed by atoms with E-state index in [2.05, 4.69) is 0 Å². The van der Waals surface area contributed by atoms with E-state index in [0.29, 0.717) is 19.4 Å². The van der Waals surface area contributed by atoms with Crippen molar-refractivity contribution >= 4 is 22.1 Å². The SMILES string of the molecule is CCOC(=O)C1CCN(S(=O)(=O)N(CC(=O)O)C(C)C)CC1. The van der Waals surface area contributed by atoms with Gasteiger partial charge in [-0.15, -0.1) is 0 Å². The Kier molecular flexibility index (Phi) is 6.76. The second kappa shape index (κ2) is 7.89. The van der Waals surface area contributed by atoms with E-state index >= 15 is 0 Å². The maximum absolute atomic E-state index is 12.5. The lowest BCUT2D eigenvalue weighted by atomic mass is 9.98. The van der Waals surface area contributed by atoms with Gasteiger partial charge in [0.1, 0.15) is 6.54 Å². The molecule has 1 heterocycles. The second-order valence-electron chi connectivity index (χ2n) is 5.47. The van der Waals surface area contributed by atoms with Gasteiger partial charge in [-0.3, -0.25) is 9.59 Å². The van der Waals surface area contributed by atoms with Gasteiger partial charge in [-0.2, -0.15) is 17.0 Å². The zero-order valence-electron chi connectivity index (χ0n) is 13.2. The molecule has 0 radical (unpaired) electrons. The van der Waals surface area contributed by atoms with Gasteiger partial charge in [-0.05, 0) is 33.6 Å². The molecule has 0 aromatic carbocycles. The molecule has 0 amide bonds. The molecule has 1 aliphatic rings. The van der Waals surface area contributed by atoms with E-state index in [1.165, 1.54) is 4.31 Å². The predicted octanol–water partition coefficient (Wildman–Crippen LogP) is 0.301. The number of esters is 1. The fraction of sp³-hybridized carbons (Fsp3) is 0.846. The Labute approximate surface area is 131 Å². The van der Waals surface area contributed by atoms with E-state index in [0.717, 1.165) is 4.31 Å². The quantitative estimate of drug-likeness (QED) is 0.671. The Morgan fingerprint density at radius 2 is 1.86 bits per heavy atom. The number of piperidine rings is 1. The van der Waals surface area contributed by atoms with Crippen LogP contribution in [0.4, 0.5) is 0 Å². The van der Waals surface area contributed by atoms with Crippen LogP contribution in [0.3, 0.4) is 0 Å². The lowest BCUT2D eigenvalue weighted by Gasteiger charge is -2.35. The molecule has 0 saturated carbocycles. The number of hydrogen-bond donors (Lipinski definition) is 1. The van der Waals surface area contributed by atoms with Crippen molar-refractivity contribution in [2.75, 3.05) is 26.2 Å². The number of carbonyl (C=O) groups is 2. The second-order valence-corrected chi connectivity index (χ2v) is 7.35. The van der Waals surface area contributed by atoms with Crippen molar-refractivity contribution in [3.05, 3.63) is 0 Å². The van der Waals surface area contributed by atoms with Crippen LogP contribution in [0.1, 0.15) is 33.6 Å². The van der Waals surface area contributed by atoms with Crippen molar-refractivity contribution in [3.63, 3.8) is 0 Å². The monoisotopic (exact) mass is 336 g/mol. The lowest BCUT2D eigenvalue weighted by molar-refractivity contribution is -0.149. The van der Waals surface area contributed by atoms with E-state index in [9.17, 15) is 18.0 Å². The Morgan fingerprint density at radius 1 is 1.32 bits per heavy atom. The topological polar surface area (TPSA) is 104 Å². The summed E-state index contributed by atoms with van der Waals surface area (Å²) in [5.41, 5.74) is 0. The molecule has 1 saturated heterocycles. The summed E-state index contributed by atoms with van der Waals surface area (Å²) in [4.78, 5) is 22.5. The molecular formula is C13H24N2O6S. The minimum absolute atomic E-state index is 0.189. The van der Waals surface area contributed by atoms with Crippen molar-refractivity contribution in [3.8, 4) is 0 Å². The smallest absolute Gasteiger partial charge is 0.318 e. The van der Waals surface area contributed by atoms with Gasteiger partial charge in [0.15, 0.2) is 0 Å². The van der Waals surface area contributed by atoms with Gasteiger partial charge in [0.05, 0.1) is 12.5 Å². The van der Waals surface area contributed by atoms with Crippen LogP contribution in [-0.2, 0) is 24.5 Å². The summed E-state index contributed by atoms with van der Waals surface area (Å²) in [5, 5.41) is 8.88. The van der Waals surface area contributed by atoms with Gasteiger partial charge in [0.2, 0.25) is 0 Å². The number of ether oxygens (including phenoxy) is 1. The average molecular weight is 336 g/mol. The van der Waals surface area contributed by atoms with Crippen molar-refractivity contribution in [1.82, 2.24) is 8.61 Å². The Bertz CT molecular complexity index is 497. The molecule has 9 heteroatoms. The number of carboxylic acid groups (broad SMARTS) is 1. The van der Waals surface area contributed by atoms with E-state index in [-0.39, 0.29) is 25.0 Å². The van der Waals surface area contributed by atoms with Crippen LogP contribution in [0.5, 0.6) is 0 Å².